The molecule has 4 nitrogen and oxygen atoms in total. The molecule has 1 fully saturated rings. The van der Waals surface area contributed by atoms with Crippen LogP contribution < -0.4 is 5.32 Å². The predicted octanol–water partition coefficient (Wildman–Crippen LogP) is 0.252. The van der Waals surface area contributed by atoms with Gasteiger partial charge in [-0.2, -0.15) is 0 Å². The van der Waals surface area contributed by atoms with Crippen molar-refractivity contribution in [1.82, 2.24) is 5.32 Å². The molecule has 1 saturated heterocycles. The molecule has 1 aliphatic rings. The third kappa shape index (κ3) is 1.79. The highest BCUT2D eigenvalue weighted by Crippen LogP contribution is 2.25. The molecule has 0 unspecified atom stereocenters. The van der Waals surface area contributed by atoms with Gasteiger partial charge in [-0.1, -0.05) is 18.3 Å². The molecule has 1 atom stereocenters. The van der Waals surface area contributed by atoms with Crippen molar-refractivity contribution in [2.24, 2.45) is 0 Å². The fourth-order valence-electron chi connectivity index (χ4n) is 0.801. The largest absolute Gasteiger partial charge is 0.465 e. The zero-order valence-corrected chi connectivity index (χ0v) is 7.44. The summed E-state index contributed by atoms with van der Waals surface area (Å²) in [5, 5.41) is 2.17. The summed E-state index contributed by atoms with van der Waals surface area (Å²) in [6, 6.07) is 0. The standard InChI is InChI=1S/C7H9NO3S/c1-3-11-7(10)5-6(9)8-4(2)12-5/h5H,2-3H2,1H3,(H,8,9)/t5-/m0/s1. The lowest BCUT2D eigenvalue weighted by atomic mass is 10.4. The summed E-state index contributed by atoms with van der Waals surface area (Å²) < 4.78 is 4.68. The van der Waals surface area contributed by atoms with Crippen LogP contribution in [0.2, 0.25) is 0 Å². The van der Waals surface area contributed by atoms with E-state index in [0.29, 0.717) is 5.03 Å². The molecule has 1 aliphatic heterocycles. The van der Waals surface area contributed by atoms with Gasteiger partial charge in [0.1, 0.15) is 0 Å². The van der Waals surface area contributed by atoms with E-state index in [1.807, 2.05) is 0 Å². The summed E-state index contributed by atoms with van der Waals surface area (Å²) in [6.07, 6.45) is 0. The number of ether oxygens (including phenoxy) is 1. The van der Waals surface area contributed by atoms with E-state index in [9.17, 15) is 9.59 Å². The van der Waals surface area contributed by atoms with E-state index in [4.69, 9.17) is 0 Å². The second-order valence-corrected chi connectivity index (χ2v) is 3.36. The summed E-state index contributed by atoms with van der Waals surface area (Å²) in [5.74, 6) is -0.845. The molecule has 0 aliphatic carbocycles. The lowest BCUT2D eigenvalue weighted by molar-refractivity contribution is -0.144. The maximum Gasteiger partial charge on any atom is 0.329 e. The van der Waals surface area contributed by atoms with Crippen molar-refractivity contribution in [2.75, 3.05) is 6.61 Å². The Bertz CT molecular complexity index is 239. The molecule has 1 N–H and O–H groups in total. The van der Waals surface area contributed by atoms with Crippen LogP contribution in [0.3, 0.4) is 0 Å². The Morgan fingerprint density at radius 1 is 1.83 bits per heavy atom. The van der Waals surface area contributed by atoms with E-state index in [2.05, 4.69) is 16.6 Å². The quantitative estimate of drug-likeness (QED) is 0.497. The summed E-state index contributed by atoms with van der Waals surface area (Å²) in [4.78, 5) is 22.1. The van der Waals surface area contributed by atoms with Gasteiger partial charge in [0.25, 0.3) is 0 Å². The van der Waals surface area contributed by atoms with Crippen molar-refractivity contribution in [1.29, 1.82) is 0 Å². The third-order valence-corrected chi connectivity index (χ3v) is 2.29. The molecular formula is C7H9NO3S. The molecule has 5 heteroatoms. The van der Waals surface area contributed by atoms with Crippen molar-refractivity contribution in [3.8, 4) is 0 Å². The van der Waals surface area contributed by atoms with Crippen LogP contribution in [0.5, 0.6) is 0 Å². The Balaban J connectivity index is 2.58. The van der Waals surface area contributed by atoms with Crippen LogP contribution in [0, 0.1) is 0 Å². The topological polar surface area (TPSA) is 55.4 Å². The number of esters is 1. The monoisotopic (exact) mass is 187 g/mol. The number of hydrogen-bond acceptors (Lipinski definition) is 4. The first kappa shape index (κ1) is 9.12. The normalized spacial score (nSPS) is 22.2. The van der Waals surface area contributed by atoms with Crippen LogP contribution in [-0.2, 0) is 14.3 Å². The van der Waals surface area contributed by atoms with Crippen molar-refractivity contribution in [2.45, 2.75) is 12.2 Å². The van der Waals surface area contributed by atoms with E-state index < -0.39 is 11.2 Å². The first-order chi connectivity index (χ1) is 5.65. The minimum Gasteiger partial charge on any atom is -0.465 e. The number of amides is 1. The number of carbonyl (C=O) groups is 2. The number of rotatable bonds is 2. The smallest absolute Gasteiger partial charge is 0.329 e. The first-order valence-electron chi connectivity index (χ1n) is 3.48. The van der Waals surface area contributed by atoms with Gasteiger partial charge in [0.05, 0.1) is 11.6 Å². The molecule has 0 aromatic rings. The zero-order valence-electron chi connectivity index (χ0n) is 6.62. The van der Waals surface area contributed by atoms with Crippen molar-refractivity contribution in [3.63, 3.8) is 0 Å². The van der Waals surface area contributed by atoms with Crippen LogP contribution in [0.4, 0.5) is 0 Å². The highest BCUT2D eigenvalue weighted by Gasteiger charge is 2.35. The van der Waals surface area contributed by atoms with Gasteiger partial charge < -0.3 is 10.1 Å². The molecule has 12 heavy (non-hydrogen) atoms. The predicted molar refractivity (Wildman–Crippen MR) is 45.3 cm³/mol. The Kier molecular flexibility index (Phi) is 2.75. The van der Waals surface area contributed by atoms with Gasteiger partial charge >= 0.3 is 5.97 Å². The molecular weight excluding hydrogens is 178 g/mol. The Morgan fingerprint density at radius 3 is 2.92 bits per heavy atom. The minimum atomic E-state index is -0.766. The molecule has 0 aromatic heterocycles. The minimum absolute atomic E-state index is 0.287. The van der Waals surface area contributed by atoms with Gasteiger partial charge in [0.15, 0.2) is 5.25 Å². The van der Waals surface area contributed by atoms with E-state index in [1.165, 1.54) is 0 Å². The number of nitrogens with one attached hydrogen (secondary N) is 1. The average molecular weight is 187 g/mol. The summed E-state index contributed by atoms with van der Waals surface area (Å²) in [5.41, 5.74) is 0. The fourth-order valence-corrected chi connectivity index (χ4v) is 1.58. The van der Waals surface area contributed by atoms with Crippen LogP contribution in [0.15, 0.2) is 11.6 Å². The molecule has 0 aromatic carbocycles. The van der Waals surface area contributed by atoms with Gasteiger partial charge in [0.2, 0.25) is 5.91 Å². The summed E-state index contributed by atoms with van der Waals surface area (Å²) in [7, 11) is 0. The lowest BCUT2D eigenvalue weighted by Crippen LogP contribution is -2.30. The van der Waals surface area contributed by atoms with Crippen LogP contribution in [-0.4, -0.2) is 23.7 Å². The fraction of sp³-hybridized carbons (Fsp3) is 0.429. The van der Waals surface area contributed by atoms with E-state index >= 15 is 0 Å². The van der Waals surface area contributed by atoms with Gasteiger partial charge in [0, 0.05) is 0 Å². The second-order valence-electron chi connectivity index (χ2n) is 2.16. The van der Waals surface area contributed by atoms with Crippen molar-refractivity contribution in [3.05, 3.63) is 11.6 Å². The van der Waals surface area contributed by atoms with Gasteiger partial charge in [-0.05, 0) is 6.92 Å². The van der Waals surface area contributed by atoms with Gasteiger partial charge in [-0.25, -0.2) is 0 Å². The third-order valence-electron chi connectivity index (χ3n) is 1.26. The van der Waals surface area contributed by atoms with Crippen LogP contribution in [0.1, 0.15) is 6.92 Å². The molecule has 0 saturated carbocycles. The van der Waals surface area contributed by atoms with E-state index in [1.54, 1.807) is 6.92 Å². The number of hydrogen-bond donors (Lipinski definition) is 1. The lowest BCUT2D eigenvalue weighted by Gasteiger charge is -2.03. The Hall–Kier alpha value is -0.970. The molecule has 1 rings (SSSR count). The molecule has 0 bridgehead atoms. The molecule has 0 radical (unpaired) electrons. The highest BCUT2D eigenvalue weighted by atomic mass is 32.2. The molecule has 66 valence electrons. The average Bonchev–Trinajstić information content (AvgIpc) is 2.30. The zero-order chi connectivity index (χ0) is 9.14. The second kappa shape index (κ2) is 3.62. The van der Waals surface area contributed by atoms with Gasteiger partial charge in [-0.15, -0.1) is 0 Å². The van der Waals surface area contributed by atoms with E-state index in [-0.39, 0.29) is 12.5 Å². The number of carbonyl (C=O) groups excluding carboxylic acids is 2. The molecule has 1 heterocycles. The first-order valence-corrected chi connectivity index (χ1v) is 4.36. The maximum absolute atomic E-state index is 11.1. The van der Waals surface area contributed by atoms with Crippen molar-refractivity contribution >= 4 is 23.6 Å². The Labute approximate surface area is 74.3 Å². The van der Waals surface area contributed by atoms with E-state index in [0.717, 1.165) is 11.8 Å². The Morgan fingerprint density at radius 2 is 2.50 bits per heavy atom. The van der Waals surface area contributed by atoms with Crippen LogP contribution >= 0.6 is 11.8 Å². The molecule has 0 spiro atoms. The SMILES string of the molecule is C=C1NC(=O)[C@@H](C(=O)OCC)S1. The number of thioether (sulfide) groups is 1. The van der Waals surface area contributed by atoms with Gasteiger partial charge in [-0.3, -0.25) is 9.59 Å². The summed E-state index contributed by atoms with van der Waals surface area (Å²) >= 11 is 1.09. The maximum atomic E-state index is 11.1. The summed E-state index contributed by atoms with van der Waals surface area (Å²) in [6.45, 7) is 5.51. The highest BCUT2D eigenvalue weighted by molar-refractivity contribution is 8.05. The van der Waals surface area contributed by atoms with Crippen molar-refractivity contribution < 1.29 is 14.3 Å². The van der Waals surface area contributed by atoms with Crippen LogP contribution in [0.25, 0.3) is 0 Å². The molecule has 1 amide bonds.